The Morgan fingerprint density at radius 2 is 1.11 bits per heavy atom. The molecule has 1 aliphatic rings. The van der Waals surface area contributed by atoms with Crippen LogP contribution in [-0.4, -0.2) is 28.0 Å². The summed E-state index contributed by atoms with van der Waals surface area (Å²) in [5, 5.41) is 3.37. The zero-order chi connectivity index (χ0) is 25.1. The first kappa shape index (κ1) is 21.7. The van der Waals surface area contributed by atoms with Gasteiger partial charge in [0.2, 0.25) is 0 Å². The number of benzene rings is 3. The van der Waals surface area contributed by atoms with Crippen molar-refractivity contribution < 1.29 is 0 Å². The lowest BCUT2D eigenvalue weighted by atomic mass is 10.00. The molecule has 0 aliphatic carbocycles. The number of rotatable bonds is 2. The number of fused-ring (bicyclic) bond motifs is 6. The monoisotopic (exact) mass is 478 g/mol. The molecule has 6 aromatic rings. The zero-order valence-electron chi connectivity index (χ0n) is 21.1. The van der Waals surface area contributed by atoms with Gasteiger partial charge in [0.1, 0.15) is 0 Å². The van der Waals surface area contributed by atoms with Crippen molar-refractivity contribution in [3.8, 4) is 22.5 Å². The number of aromatic nitrogens is 3. The molecule has 4 nitrogen and oxygen atoms in total. The molecule has 0 N–H and O–H groups in total. The number of aryl methyl sites for hydroxylation is 1. The Morgan fingerprint density at radius 3 is 1.78 bits per heavy atom. The lowest BCUT2D eigenvalue weighted by molar-refractivity contribution is 0.820. The van der Waals surface area contributed by atoms with E-state index >= 15 is 0 Å². The second kappa shape index (κ2) is 8.24. The Hall–Kier alpha value is -4.57. The first-order valence-corrected chi connectivity index (χ1v) is 12.7. The van der Waals surface area contributed by atoms with Crippen LogP contribution < -0.4 is 4.90 Å². The summed E-state index contributed by atoms with van der Waals surface area (Å²) < 4.78 is 0. The van der Waals surface area contributed by atoms with Gasteiger partial charge in [-0.1, -0.05) is 78.9 Å². The highest BCUT2D eigenvalue weighted by Crippen LogP contribution is 2.36. The number of hydrogen-bond acceptors (Lipinski definition) is 4. The van der Waals surface area contributed by atoms with Crippen molar-refractivity contribution in [2.45, 2.75) is 19.9 Å². The van der Waals surface area contributed by atoms with Crippen LogP contribution in [0.3, 0.4) is 0 Å². The third-order valence-electron chi connectivity index (χ3n) is 7.52. The average molecular weight is 479 g/mol. The molecule has 0 fully saturated rings. The van der Waals surface area contributed by atoms with E-state index in [9.17, 15) is 0 Å². The summed E-state index contributed by atoms with van der Waals surface area (Å²) in [5.74, 6) is 0. The summed E-state index contributed by atoms with van der Waals surface area (Å²) in [6, 6.07) is 30.1. The number of hydrogen-bond donors (Lipinski definition) is 0. The van der Waals surface area contributed by atoms with Crippen molar-refractivity contribution in [1.29, 1.82) is 0 Å². The van der Waals surface area contributed by atoms with E-state index in [1.165, 1.54) is 11.3 Å². The van der Waals surface area contributed by atoms with Crippen LogP contribution in [0.1, 0.15) is 18.2 Å². The Kier molecular flexibility index (Phi) is 4.83. The van der Waals surface area contributed by atoms with Crippen LogP contribution in [0.2, 0.25) is 0 Å². The summed E-state index contributed by atoms with van der Waals surface area (Å²) in [4.78, 5) is 17.2. The minimum atomic E-state index is 0.341. The van der Waals surface area contributed by atoms with Gasteiger partial charge >= 0.3 is 0 Å². The highest BCUT2D eigenvalue weighted by Gasteiger charge is 2.19. The minimum absolute atomic E-state index is 0.341. The summed E-state index contributed by atoms with van der Waals surface area (Å²) in [6.45, 7) is 4.23. The van der Waals surface area contributed by atoms with Gasteiger partial charge in [-0.25, -0.2) is 9.97 Å². The summed E-state index contributed by atoms with van der Waals surface area (Å²) in [6.07, 6.45) is 4.44. The molecule has 0 amide bonds. The fraction of sp³-hybridized carbons (Fsp3) is 0.121. The SMILES string of the molecule is Cc1ccc2ccc3ccc(-c4ccc(-c5ccc6ccc7c(c6n5)N(C)C(C)C=C7)cc4)nc3c2n1. The maximum Gasteiger partial charge on any atom is 0.0972 e. The van der Waals surface area contributed by atoms with Crippen molar-refractivity contribution in [2.75, 3.05) is 11.9 Å². The van der Waals surface area contributed by atoms with Crippen molar-refractivity contribution in [3.05, 3.63) is 102 Å². The summed E-state index contributed by atoms with van der Waals surface area (Å²) in [7, 11) is 2.15. The second-order valence-electron chi connectivity index (χ2n) is 9.92. The van der Waals surface area contributed by atoms with E-state index in [2.05, 4.69) is 110 Å². The second-order valence-corrected chi connectivity index (χ2v) is 9.92. The van der Waals surface area contributed by atoms with E-state index < -0.39 is 0 Å². The molecular weight excluding hydrogens is 452 g/mol. The molecule has 0 radical (unpaired) electrons. The van der Waals surface area contributed by atoms with Crippen LogP contribution in [0.25, 0.3) is 61.3 Å². The quantitative estimate of drug-likeness (QED) is 0.238. The average Bonchev–Trinajstić information content (AvgIpc) is 2.94. The zero-order valence-corrected chi connectivity index (χ0v) is 21.1. The largest absolute Gasteiger partial charge is 0.366 e. The Balaban J connectivity index is 1.29. The predicted molar refractivity (Wildman–Crippen MR) is 155 cm³/mol. The van der Waals surface area contributed by atoms with Crippen LogP contribution in [0.5, 0.6) is 0 Å². The molecule has 4 heteroatoms. The summed E-state index contributed by atoms with van der Waals surface area (Å²) in [5.41, 5.74) is 10.4. The predicted octanol–water partition coefficient (Wildman–Crippen LogP) is 7.83. The molecule has 3 aromatic heterocycles. The Labute approximate surface area is 216 Å². The first-order chi connectivity index (χ1) is 18.0. The topological polar surface area (TPSA) is 41.9 Å². The molecule has 1 aliphatic heterocycles. The van der Waals surface area contributed by atoms with Crippen molar-refractivity contribution in [3.63, 3.8) is 0 Å². The van der Waals surface area contributed by atoms with E-state index in [1.807, 2.05) is 13.0 Å². The number of anilines is 1. The van der Waals surface area contributed by atoms with Gasteiger partial charge in [0, 0.05) is 46.1 Å². The number of nitrogens with zero attached hydrogens (tertiary/aromatic N) is 4. The van der Waals surface area contributed by atoms with Gasteiger partial charge in [0.15, 0.2) is 0 Å². The molecule has 1 atom stereocenters. The maximum absolute atomic E-state index is 5.13. The third kappa shape index (κ3) is 3.56. The van der Waals surface area contributed by atoms with Crippen molar-refractivity contribution in [2.24, 2.45) is 0 Å². The summed E-state index contributed by atoms with van der Waals surface area (Å²) >= 11 is 0. The van der Waals surface area contributed by atoms with Crippen LogP contribution >= 0.6 is 0 Å². The Bertz CT molecular complexity index is 1870. The van der Waals surface area contributed by atoms with Crippen LogP contribution in [0.4, 0.5) is 5.69 Å². The normalized spacial score (nSPS) is 15.0. The molecule has 7 rings (SSSR count). The standard InChI is InChI=1S/C33H26N4/c1-20-4-6-24-12-13-25-16-18-28(35-31(25)30(24)34-20)22-8-10-23(11-9-22)29-19-17-26-14-15-27-7-5-21(2)37(3)33(27)32(26)36-29/h4-19,21H,1-3H3. The third-order valence-corrected chi connectivity index (χ3v) is 7.52. The van der Waals surface area contributed by atoms with Crippen LogP contribution in [0.15, 0.2) is 91.0 Å². The molecule has 37 heavy (non-hydrogen) atoms. The van der Waals surface area contributed by atoms with E-state index in [1.54, 1.807) is 0 Å². The molecule has 0 spiro atoms. The lowest BCUT2D eigenvalue weighted by Gasteiger charge is -2.30. The van der Waals surface area contributed by atoms with Crippen LogP contribution in [-0.2, 0) is 0 Å². The van der Waals surface area contributed by atoms with Crippen molar-refractivity contribution >= 4 is 44.5 Å². The van der Waals surface area contributed by atoms with E-state index in [4.69, 9.17) is 15.0 Å². The minimum Gasteiger partial charge on any atom is -0.366 e. The fourth-order valence-corrected chi connectivity index (χ4v) is 5.27. The maximum atomic E-state index is 5.13. The van der Waals surface area contributed by atoms with E-state index in [0.717, 1.165) is 60.9 Å². The van der Waals surface area contributed by atoms with Gasteiger partial charge in [0.25, 0.3) is 0 Å². The molecule has 3 aromatic carbocycles. The molecular formula is C33H26N4. The van der Waals surface area contributed by atoms with Crippen molar-refractivity contribution in [1.82, 2.24) is 15.0 Å². The van der Waals surface area contributed by atoms with Gasteiger partial charge in [-0.15, -0.1) is 0 Å². The Morgan fingerprint density at radius 1 is 0.595 bits per heavy atom. The van der Waals surface area contributed by atoms with Crippen LogP contribution in [0, 0.1) is 6.92 Å². The van der Waals surface area contributed by atoms with Gasteiger partial charge in [-0.3, -0.25) is 4.98 Å². The molecule has 4 heterocycles. The van der Waals surface area contributed by atoms with Gasteiger partial charge < -0.3 is 4.90 Å². The highest BCUT2D eigenvalue weighted by atomic mass is 15.1. The molecule has 0 saturated carbocycles. The van der Waals surface area contributed by atoms with Gasteiger partial charge in [-0.2, -0.15) is 0 Å². The number of pyridine rings is 3. The van der Waals surface area contributed by atoms with E-state index in [0.29, 0.717) is 6.04 Å². The fourth-order valence-electron chi connectivity index (χ4n) is 5.27. The molecule has 0 bridgehead atoms. The number of likely N-dealkylation sites (N-methyl/N-ethyl adjacent to an activating group) is 1. The highest BCUT2D eigenvalue weighted by molar-refractivity contribution is 6.03. The van der Waals surface area contributed by atoms with E-state index in [-0.39, 0.29) is 0 Å². The molecule has 178 valence electrons. The van der Waals surface area contributed by atoms with Gasteiger partial charge in [0.05, 0.1) is 33.6 Å². The molecule has 1 unspecified atom stereocenters. The first-order valence-electron chi connectivity index (χ1n) is 12.7. The lowest BCUT2D eigenvalue weighted by Crippen LogP contribution is -2.29. The molecule has 0 saturated heterocycles. The smallest absolute Gasteiger partial charge is 0.0972 e. The van der Waals surface area contributed by atoms with Gasteiger partial charge in [-0.05, 0) is 37.6 Å².